The number of allylic oxidation sites excluding steroid dienone is 1. The van der Waals surface area contributed by atoms with Crippen LogP contribution in [-0.4, -0.2) is 82.7 Å². The normalized spacial score (nSPS) is 38.0. The minimum absolute atomic E-state index is 0.00284. The van der Waals surface area contributed by atoms with E-state index in [0.717, 1.165) is 95.6 Å². The van der Waals surface area contributed by atoms with Crippen LogP contribution in [0, 0.1) is 41.4 Å². The van der Waals surface area contributed by atoms with E-state index in [1.165, 1.54) is 19.3 Å². The summed E-state index contributed by atoms with van der Waals surface area (Å²) in [5, 5.41) is 34.2. The second-order valence-electron chi connectivity index (χ2n) is 17.2. The van der Waals surface area contributed by atoms with Gasteiger partial charge in [-0.25, -0.2) is 4.79 Å². The lowest BCUT2D eigenvalue weighted by atomic mass is 9.60. The fourth-order valence-electron chi connectivity index (χ4n) is 10.9. The Labute approximate surface area is 298 Å². The molecule has 4 unspecified atom stereocenters. The van der Waals surface area contributed by atoms with E-state index >= 15 is 0 Å². The number of nitrogens with two attached hydrogens (primary N) is 2. The van der Waals surface area contributed by atoms with Crippen LogP contribution in [0.5, 0.6) is 0 Å². The van der Waals surface area contributed by atoms with E-state index in [0.29, 0.717) is 36.2 Å². The standard InChI is InChI=1S/C40H64N2O8/c1-25(11-12-27-17-18-42-35(41)20-27)30(23-44)21-39-36(46)31-9-5-6-10-32(31)37(47)40(39,50-39)38(48)49-24-34(45)33(19-26-7-3-2-4-8-26)29-15-13-28(22-43)14-16-29/h26-29,31-35,42-45H,2-24,41H2,1H3/p+1/t27?,28?,29?,31?,32?,33-,34+,35?,39+,40+/m1/s1. The zero-order valence-electron chi connectivity index (χ0n) is 30.5. The number of carbonyl (C=O) groups is 3. The summed E-state index contributed by atoms with van der Waals surface area (Å²) < 4.78 is 12.1. The van der Waals surface area contributed by atoms with Gasteiger partial charge in [-0.3, -0.25) is 15.3 Å². The van der Waals surface area contributed by atoms with Crippen molar-refractivity contribution in [2.45, 2.75) is 152 Å². The van der Waals surface area contributed by atoms with Crippen molar-refractivity contribution in [2.75, 3.05) is 26.4 Å². The highest BCUT2D eigenvalue weighted by Gasteiger charge is 2.87. The summed E-state index contributed by atoms with van der Waals surface area (Å²) in [4.78, 5) is 42.9. The summed E-state index contributed by atoms with van der Waals surface area (Å²) in [7, 11) is 0. The number of esters is 1. The quantitative estimate of drug-likeness (QED) is 0.0786. The number of hydrogen-bond acceptors (Lipinski definition) is 9. The number of aliphatic hydroxyl groups is 3. The van der Waals surface area contributed by atoms with Crippen LogP contribution in [0.2, 0.25) is 0 Å². The van der Waals surface area contributed by atoms with Crippen molar-refractivity contribution >= 4 is 17.5 Å². The third-order valence-electron chi connectivity index (χ3n) is 14.1. The third kappa shape index (κ3) is 7.67. The van der Waals surface area contributed by atoms with Gasteiger partial charge in [-0.1, -0.05) is 50.5 Å². The van der Waals surface area contributed by atoms with E-state index < -0.39 is 35.1 Å². The van der Waals surface area contributed by atoms with Crippen LogP contribution in [0.25, 0.3) is 0 Å². The molecule has 2 aliphatic heterocycles. The molecule has 0 aromatic rings. The minimum atomic E-state index is -2.02. The van der Waals surface area contributed by atoms with Crippen LogP contribution in [0.1, 0.15) is 129 Å². The molecule has 10 heteroatoms. The van der Waals surface area contributed by atoms with Crippen molar-refractivity contribution in [1.29, 1.82) is 0 Å². The van der Waals surface area contributed by atoms with Crippen molar-refractivity contribution in [2.24, 2.45) is 47.2 Å². The van der Waals surface area contributed by atoms with Crippen molar-refractivity contribution in [3.8, 4) is 0 Å². The minimum Gasteiger partial charge on any atom is -0.460 e. The first-order valence-corrected chi connectivity index (χ1v) is 20.3. The van der Waals surface area contributed by atoms with E-state index in [2.05, 4.69) is 5.32 Å². The third-order valence-corrected chi connectivity index (χ3v) is 14.1. The number of hydrogen-bond donors (Lipinski definition) is 5. The average molecular weight is 702 g/mol. The Kier molecular flexibility index (Phi) is 12.6. The maximum Gasteiger partial charge on any atom is 0.350 e. The summed E-state index contributed by atoms with van der Waals surface area (Å²) >= 11 is 0. The molecule has 10 nitrogen and oxygen atoms in total. The SMILES string of the molecule is CC(CCC1CC[NH2+]C(N)C1)=C(CO)C[C@@]12O[C@]1(C(=O)OC[C@H](O)[C@H](CC1CCCCC1)C1CCC(CO)CC1)C(=O)C1CCCCC1C2=O. The lowest BCUT2D eigenvalue weighted by molar-refractivity contribution is -0.699. The van der Waals surface area contributed by atoms with Gasteiger partial charge in [0.1, 0.15) is 12.8 Å². The number of epoxide rings is 1. The molecule has 0 spiro atoms. The molecule has 6 rings (SSSR count). The molecule has 2 saturated heterocycles. The van der Waals surface area contributed by atoms with Gasteiger partial charge in [-0.15, -0.1) is 0 Å². The molecule has 0 amide bonds. The second-order valence-corrected chi connectivity index (χ2v) is 17.2. The van der Waals surface area contributed by atoms with Gasteiger partial charge in [0.15, 0.2) is 17.2 Å². The van der Waals surface area contributed by atoms with Crippen LogP contribution >= 0.6 is 0 Å². The Morgan fingerprint density at radius 2 is 1.60 bits per heavy atom. The summed E-state index contributed by atoms with van der Waals surface area (Å²) in [5.74, 6) is -0.899. The van der Waals surface area contributed by atoms with Crippen LogP contribution in [0.4, 0.5) is 0 Å². The first-order valence-electron chi connectivity index (χ1n) is 20.3. The van der Waals surface area contributed by atoms with Crippen LogP contribution in [0.15, 0.2) is 11.1 Å². The molecule has 4 aliphatic carbocycles. The number of Topliss-reactive ketones (excluding diaryl/α,β-unsaturated/α-hetero) is 2. The van der Waals surface area contributed by atoms with Crippen molar-refractivity contribution < 1.29 is 44.5 Å². The summed E-state index contributed by atoms with van der Waals surface area (Å²) in [6, 6.07) is 0. The molecule has 50 heavy (non-hydrogen) atoms. The lowest BCUT2D eigenvalue weighted by Crippen LogP contribution is -2.94. The number of carbonyl (C=O) groups excluding carboxylic acids is 3. The summed E-state index contributed by atoms with van der Waals surface area (Å²) in [5.41, 5.74) is 4.10. The Morgan fingerprint density at radius 3 is 2.26 bits per heavy atom. The highest BCUT2D eigenvalue weighted by Crippen LogP contribution is 2.62. The van der Waals surface area contributed by atoms with E-state index in [9.17, 15) is 29.7 Å². The van der Waals surface area contributed by atoms with Gasteiger partial charge < -0.3 is 30.1 Å². The fourth-order valence-corrected chi connectivity index (χ4v) is 10.9. The summed E-state index contributed by atoms with van der Waals surface area (Å²) in [6.45, 7) is 2.64. The Balaban J connectivity index is 1.19. The number of ether oxygens (including phenoxy) is 2. The van der Waals surface area contributed by atoms with Crippen molar-refractivity contribution in [1.82, 2.24) is 0 Å². The molecule has 0 radical (unpaired) electrons. The molecule has 6 aliphatic rings. The van der Waals surface area contributed by atoms with Gasteiger partial charge >= 0.3 is 5.97 Å². The fraction of sp³-hybridized carbons (Fsp3) is 0.875. The van der Waals surface area contributed by atoms with E-state index in [1.807, 2.05) is 6.92 Å². The van der Waals surface area contributed by atoms with Crippen LogP contribution in [-0.2, 0) is 23.9 Å². The predicted molar refractivity (Wildman–Crippen MR) is 187 cm³/mol. The van der Waals surface area contributed by atoms with E-state index in [1.54, 1.807) is 0 Å². The number of fused-ring (bicyclic) bond motifs is 2. The van der Waals surface area contributed by atoms with E-state index in [4.69, 9.17) is 15.2 Å². The first-order chi connectivity index (χ1) is 24.1. The smallest absolute Gasteiger partial charge is 0.350 e. The van der Waals surface area contributed by atoms with Gasteiger partial charge in [0, 0.05) is 31.3 Å². The topological polar surface area (TPSA) is 176 Å². The molecular formula is C40H65N2O8+. The first kappa shape index (κ1) is 38.0. The van der Waals surface area contributed by atoms with Gasteiger partial charge in [0.25, 0.3) is 5.60 Å². The molecule has 282 valence electrons. The number of piperidine rings is 1. The maximum atomic E-state index is 14.3. The zero-order chi connectivity index (χ0) is 35.5. The van der Waals surface area contributed by atoms with Crippen LogP contribution in [0.3, 0.4) is 0 Å². The highest BCUT2D eigenvalue weighted by atomic mass is 16.7. The zero-order valence-corrected chi connectivity index (χ0v) is 30.5. The highest BCUT2D eigenvalue weighted by molar-refractivity contribution is 6.23. The molecular weight excluding hydrogens is 636 g/mol. The van der Waals surface area contributed by atoms with Gasteiger partial charge in [0.05, 0.1) is 19.3 Å². The maximum absolute atomic E-state index is 14.3. The number of rotatable bonds is 14. The number of ketones is 2. The Bertz CT molecular complexity index is 1240. The number of quaternary nitrogens is 1. The molecule has 6 fully saturated rings. The van der Waals surface area contributed by atoms with Crippen molar-refractivity contribution in [3.63, 3.8) is 0 Å². The molecule has 4 saturated carbocycles. The Hall–Kier alpha value is -1.69. The Morgan fingerprint density at radius 1 is 0.920 bits per heavy atom. The molecule has 8 atom stereocenters. The summed E-state index contributed by atoms with van der Waals surface area (Å²) in [6.07, 6.45) is 16.3. The molecule has 2 heterocycles. The van der Waals surface area contributed by atoms with E-state index in [-0.39, 0.29) is 55.8 Å². The molecule has 7 N–H and O–H groups in total. The largest absolute Gasteiger partial charge is 0.460 e. The molecule has 0 bridgehead atoms. The average Bonchev–Trinajstić information content (AvgIpc) is 3.85. The molecule has 0 aromatic heterocycles. The number of aliphatic hydroxyl groups excluding tert-OH is 3. The lowest BCUT2D eigenvalue weighted by Gasteiger charge is -2.39. The van der Waals surface area contributed by atoms with Gasteiger partial charge in [-0.2, -0.15) is 0 Å². The van der Waals surface area contributed by atoms with Crippen LogP contribution < -0.4 is 11.1 Å². The predicted octanol–water partition coefficient (Wildman–Crippen LogP) is 3.48. The molecule has 0 aromatic carbocycles. The second kappa shape index (κ2) is 16.5. The van der Waals surface area contributed by atoms with Gasteiger partial charge in [0.2, 0.25) is 0 Å². The van der Waals surface area contributed by atoms with Crippen molar-refractivity contribution in [3.05, 3.63) is 11.1 Å². The monoisotopic (exact) mass is 701 g/mol. The van der Waals surface area contributed by atoms with Gasteiger partial charge in [-0.05, 0) is 106 Å².